The first-order valence-electron chi connectivity index (χ1n) is 6.66. The first kappa shape index (κ1) is 13.1. The highest BCUT2D eigenvalue weighted by Gasteiger charge is 2.29. The second-order valence-electron chi connectivity index (χ2n) is 5.15. The maximum atomic E-state index is 12.1. The van der Waals surface area contributed by atoms with Crippen LogP contribution in [0.5, 0.6) is 6.01 Å². The Morgan fingerprint density at radius 2 is 2.05 bits per heavy atom. The summed E-state index contributed by atoms with van der Waals surface area (Å²) >= 11 is 5.88. The monoisotopic (exact) mass is 318 g/mol. The molecule has 1 aliphatic heterocycles. The SMILES string of the molecule is Cn1c(=O)[nH]c(=O)c2c1nc1n2C[C@@H](c2ccc(Cl)cc2)O1. The van der Waals surface area contributed by atoms with Gasteiger partial charge in [0.15, 0.2) is 11.2 Å². The molecule has 0 radical (unpaired) electrons. The molecule has 3 heterocycles. The summed E-state index contributed by atoms with van der Waals surface area (Å²) in [6.07, 6.45) is -0.235. The number of H-pyrrole nitrogens is 1. The Morgan fingerprint density at radius 1 is 1.32 bits per heavy atom. The van der Waals surface area contributed by atoms with E-state index in [0.717, 1.165) is 5.56 Å². The third kappa shape index (κ3) is 1.79. The summed E-state index contributed by atoms with van der Waals surface area (Å²) in [6.45, 7) is 0.453. The molecule has 112 valence electrons. The summed E-state index contributed by atoms with van der Waals surface area (Å²) in [7, 11) is 1.56. The quantitative estimate of drug-likeness (QED) is 0.731. The number of fused-ring (bicyclic) bond motifs is 3. The number of nitrogens with one attached hydrogen (secondary N) is 1. The number of rotatable bonds is 1. The fourth-order valence-corrected chi connectivity index (χ4v) is 2.78. The molecule has 0 saturated heterocycles. The first-order valence-corrected chi connectivity index (χ1v) is 7.04. The number of ether oxygens (including phenoxy) is 1. The zero-order valence-electron chi connectivity index (χ0n) is 11.5. The van der Waals surface area contributed by atoms with E-state index in [2.05, 4.69) is 9.97 Å². The second-order valence-corrected chi connectivity index (χ2v) is 5.59. The minimum absolute atomic E-state index is 0.235. The van der Waals surface area contributed by atoms with E-state index in [1.807, 2.05) is 12.1 Å². The Kier molecular flexibility index (Phi) is 2.67. The van der Waals surface area contributed by atoms with Gasteiger partial charge < -0.3 is 4.74 Å². The fourth-order valence-electron chi connectivity index (χ4n) is 2.66. The molecule has 1 atom stereocenters. The van der Waals surface area contributed by atoms with Crippen molar-refractivity contribution in [1.29, 1.82) is 0 Å². The van der Waals surface area contributed by atoms with Gasteiger partial charge in [0.05, 0.1) is 6.54 Å². The summed E-state index contributed by atoms with van der Waals surface area (Å²) in [5.74, 6) is 0. The number of hydrogen-bond donors (Lipinski definition) is 1. The van der Waals surface area contributed by atoms with E-state index in [9.17, 15) is 9.59 Å². The van der Waals surface area contributed by atoms with Crippen LogP contribution in [0.2, 0.25) is 5.02 Å². The molecule has 4 rings (SSSR count). The maximum Gasteiger partial charge on any atom is 0.329 e. The van der Waals surface area contributed by atoms with Crippen LogP contribution in [0.4, 0.5) is 0 Å². The molecule has 8 heteroatoms. The molecule has 0 bridgehead atoms. The van der Waals surface area contributed by atoms with E-state index >= 15 is 0 Å². The van der Waals surface area contributed by atoms with Gasteiger partial charge in [0.1, 0.15) is 6.10 Å². The van der Waals surface area contributed by atoms with Crippen LogP contribution >= 0.6 is 11.6 Å². The molecule has 22 heavy (non-hydrogen) atoms. The topological polar surface area (TPSA) is 81.9 Å². The molecule has 0 fully saturated rings. The van der Waals surface area contributed by atoms with Crippen LogP contribution in [-0.2, 0) is 13.6 Å². The molecule has 2 aromatic heterocycles. The van der Waals surface area contributed by atoms with Crippen molar-refractivity contribution in [1.82, 2.24) is 19.1 Å². The Morgan fingerprint density at radius 3 is 2.77 bits per heavy atom. The normalized spacial score (nSPS) is 16.7. The van der Waals surface area contributed by atoms with Gasteiger partial charge in [-0.15, -0.1) is 0 Å². The van der Waals surface area contributed by atoms with Crippen LogP contribution in [0, 0.1) is 0 Å². The Labute approximate surface area is 128 Å². The molecular weight excluding hydrogens is 308 g/mol. The highest BCUT2D eigenvalue weighted by Crippen LogP contribution is 2.33. The zero-order chi connectivity index (χ0) is 15.4. The molecule has 1 aliphatic rings. The Balaban J connectivity index is 1.82. The summed E-state index contributed by atoms with van der Waals surface area (Å²) in [6, 6.07) is 7.66. The minimum Gasteiger partial charge on any atom is -0.454 e. The smallest absolute Gasteiger partial charge is 0.329 e. The number of aromatic amines is 1. The highest BCUT2D eigenvalue weighted by atomic mass is 35.5. The predicted octanol–water partition coefficient (Wildman–Crippen LogP) is 1.21. The van der Waals surface area contributed by atoms with Crippen molar-refractivity contribution in [2.75, 3.05) is 0 Å². The number of hydrogen-bond acceptors (Lipinski definition) is 4. The van der Waals surface area contributed by atoms with Crippen molar-refractivity contribution in [3.05, 3.63) is 55.7 Å². The lowest BCUT2D eigenvalue weighted by Gasteiger charge is -2.09. The fraction of sp³-hybridized carbons (Fsp3) is 0.214. The predicted molar refractivity (Wildman–Crippen MR) is 80.4 cm³/mol. The Hall–Kier alpha value is -2.54. The molecule has 0 saturated carbocycles. The van der Waals surface area contributed by atoms with Crippen LogP contribution in [0.1, 0.15) is 11.7 Å². The van der Waals surface area contributed by atoms with Crippen molar-refractivity contribution in [3.8, 4) is 6.01 Å². The molecule has 0 aliphatic carbocycles. The summed E-state index contributed by atoms with van der Waals surface area (Å²) in [5, 5.41) is 0.649. The Bertz CT molecular complexity index is 1000. The largest absolute Gasteiger partial charge is 0.454 e. The standard InChI is InChI=1S/C14H11ClN4O3/c1-18-11-10(12(20)17-13(18)21)19-6-9(22-14(19)16-11)7-2-4-8(15)5-3-7/h2-5,9H,6H2,1H3,(H,17,20,21)/t9-/m0/s1. The third-order valence-electron chi connectivity index (χ3n) is 3.81. The molecule has 7 nitrogen and oxygen atoms in total. The molecule has 0 spiro atoms. The van der Waals surface area contributed by atoms with E-state index < -0.39 is 11.2 Å². The summed E-state index contributed by atoms with van der Waals surface area (Å²) < 4.78 is 8.79. The summed E-state index contributed by atoms with van der Waals surface area (Å²) in [5.41, 5.74) is 0.650. The van der Waals surface area contributed by atoms with Crippen molar-refractivity contribution < 1.29 is 4.74 Å². The van der Waals surface area contributed by atoms with Crippen molar-refractivity contribution in [3.63, 3.8) is 0 Å². The lowest BCUT2D eigenvalue weighted by molar-refractivity contribution is 0.230. The number of nitrogens with zero attached hydrogens (tertiary/aromatic N) is 3. The van der Waals surface area contributed by atoms with Crippen LogP contribution in [-0.4, -0.2) is 19.1 Å². The molecule has 1 aromatic carbocycles. The second kappa shape index (κ2) is 4.48. The van der Waals surface area contributed by atoms with Crippen molar-refractivity contribution in [2.24, 2.45) is 7.05 Å². The first-order chi connectivity index (χ1) is 10.5. The zero-order valence-corrected chi connectivity index (χ0v) is 12.3. The molecule has 0 amide bonds. The van der Waals surface area contributed by atoms with Crippen LogP contribution < -0.4 is 16.0 Å². The average molecular weight is 319 g/mol. The van der Waals surface area contributed by atoms with E-state index in [4.69, 9.17) is 16.3 Å². The lowest BCUT2D eigenvalue weighted by Crippen LogP contribution is -2.29. The van der Waals surface area contributed by atoms with Gasteiger partial charge in [-0.05, 0) is 17.7 Å². The van der Waals surface area contributed by atoms with E-state index in [1.54, 1.807) is 23.7 Å². The van der Waals surface area contributed by atoms with Gasteiger partial charge in [-0.2, -0.15) is 4.98 Å². The number of imidazole rings is 1. The minimum atomic E-state index is -0.497. The van der Waals surface area contributed by atoms with E-state index in [1.165, 1.54) is 4.57 Å². The van der Waals surface area contributed by atoms with Crippen LogP contribution in [0.15, 0.2) is 33.9 Å². The molecule has 0 unspecified atom stereocenters. The van der Waals surface area contributed by atoms with Gasteiger partial charge >= 0.3 is 5.69 Å². The molecule has 3 aromatic rings. The number of benzene rings is 1. The highest BCUT2D eigenvalue weighted by molar-refractivity contribution is 6.30. The van der Waals surface area contributed by atoms with Crippen molar-refractivity contribution >= 4 is 22.8 Å². The van der Waals surface area contributed by atoms with Gasteiger partial charge in [0.2, 0.25) is 0 Å². The van der Waals surface area contributed by atoms with Gasteiger partial charge in [-0.3, -0.25) is 18.9 Å². The van der Waals surface area contributed by atoms with Gasteiger partial charge in [-0.1, -0.05) is 23.7 Å². The van der Waals surface area contributed by atoms with Gasteiger partial charge in [-0.25, -0.2) is 4.79 Å². The van der Waals surface area contributed by atoms with Crippen molar-refractivity contribution in [2.45, 2.75) is 12.6 Å². The van der Waals surface area contributed by atoms with E-state index in [0.29, 0.717) is 28.7 Å². The lowest BCUT2D eigenvalue weighted by atomic mass is 10.1. The van der Waals surface area contributed by atoms with Crippen LogP contribution in [0.3, 0.4) is 0 Å². The van der Waals surface area contributed by atoms with Gasteiger partial charge in [0.25, 0.3) is 11.6 Å². The summed E-state index contributed by atoms with van der Waals surface area (Å²) in [4.78, 5) is 30.2. The van der Waals surface area contributed by atoms with Crippen LogP contribution in [0.25, 0.3) is 11.2 Å². The van der Waals surface area contributed by atoms with Gasteiger partial charge in [0, 0.05) is 12.1 Å². The third-order valence-corrected chi connectivity index (χ3v) is 4.06. The number of halogens is 1. The average Bonchev–Trinajstić information content (AvgIpc) is 3.03. The maximum absolute atomic E-state index is 12.1. The molecular formula is C14H11ClN4O3. The number of aromatic nitrogens is 4. The van der Waals surface area contributed by atoms with E-state index in [-0.39, 0.29) is 6.10 Å². The molecule has 1 N–H and O–H groups in total. The number of aryl methyl sites for hydroxylation is 1.